The molecule has 18 heavy (non-hydrogen) atoms. The summed E-state index contributed by atoms with van der Waals surface area (Å²) in [6.45, 7) is 0. The van der Waals surface area contributed by atoms with Crippen molar-refractivity contribution >= 4 is 12.0 Å². The van der Waals surface area contributed by atoms with Gasteiger partial charge in [-0.1, -0.05) is 60.7 Å². The summed E-state index contributed by atoms with van der Waals surface area (Å²) in [6.07, 6.45) is 4.06. The summed E-state index contributed by atoms with van der Waals surface area (Å²) in [6, 6.07) is 17.8. The van der Waals surface area contributed by atoms with Crippen molar-refractivity contribution in [1.29, 1.82) is 0 Å². The highest BCUT2D eigenvalue weighted by molar-refractivity contribution is 5.99. The minimum absolute atomic E-state index is 0.00770. The van der Waals surface area contributed by atoms with Crippen LogP contribution < -0.4 is 5.32 Å². The van der Waals surface area contributed by atoms with Crippen molar-refractivity contribution in [3.63, 3.8) is 0 Å². The van der Waals surface area contributed by atoms with Gasteiger partial charge < -0.3 is 5.32 Å². The van der Waals surface area contributed by atoms with Crippen LogP contribution in [-0.4, -0.2) is 5.91 Å². The number of benzene rings is 2. The average Bonchev–Trinajstić information content (AvgIpc) is 2.75. The minimum atomic E-state index is -0.0195. The monoisotopic (exact) mass is 235 g/mol. The van der Waals surface area contributed by atoms with Crippen molar-refractivity contribution in [2.24, 2.45) is 0 Å². The van der Waals surface area contributed by atoms with Crippen LogP contribution in [0.3, 0.4) is 0 Å². The van der Waals surface area contributed by atoms with Crippen molar-refractivity contribution in [2.45, 2.75) is 6.04 Å². The highest BCUT2D eigenvalue weighted by Gasteiger charge is 2.25. The van der Waals surface area contributed by atoms with E-state index in [9.17, 15) is 4.79 Å². The summed E-state index contributed by atoms with van der Waals surface area (Å²) >= 11 is 0. The predicted molar refractivity (Wildman–Crippen MR) is 72.1 cm³/mol. The normalized spacial score (nSPS) is 17.8. The molecule has 1 N–H and O–H groups in total. The maximum absolute atomic E-state index is 11.7. The molecule has 0 aliphatic carbocycles. The number of nitrogens with one attached hydrogen (secondary N) is 1. The molecular formula is C16H13NO. The third-order valence-electron chi connectivity index (χ3n) is 3.11. The van der Waals surface area contributed by atoms with Crippen LogP contribution in [-0.2, 0) is 0 Å². The van der Waals surface area contributed by atoms with Crippen molar-refractivity contribution in [3.05, 3.63) is 77.4 Å². The van der Waals surface area contributed by atoms with E-state index < -0.39 is 0 Å². The number of hydrogen-bond acceptors (Lipinski definition) is 1. The van der Waals surface area contributed by atoms with Crippen LogP contribution in [0.5, 0.6) is 0 Å². The van der Waals surface area contributed by atoms with E-state index in [4.69, 9.17) is 0 Å². The fourth-order valence-corrected chi connectivity index (χ4v) is 2.19. The number of amides is 1. The number of carbonyl (C=O) groups is 1. The fraction of sp³-hybridized carbons (Fsp3) is 0.0625. The molecule has 0 aromatic heterocycles. The van der Waals surface area contributed by atoms with Gasteiger partial charge in [-0.25, -0.2) is 0 Å². The van der Waals surface area contributed by atoms with Crippen molar-refractivity contribution in [1.82, 2.24) is 5.32 Å². The molecule has 88 valence electrons. The van der Waals surface area contributed by atoms with Gasteiger partial charge in [-0.3, -0.25) is 4.79 Å². The SMILES string of the molecule is O=C1NC(C=Cc2ccccc2)c2ccccc21. The Morgan fingerprint density at radius 2 is 1.67 bits per heavy atom. The van der Waals surface area contributed by atoms with Gasteiger partial charge in [-0.15, -0.1) is 0 Å². The largest absolute Gasteiger partial charge is 0.342 e. The lowest BCUT2D eigenvalue weighted by Gasteiger charge is -2.05. The molecule has 2 aromatic carbocycles. The summed E-state index contributed by atoms with van der Waals surface area (Å²) in [4.78, 5) is 11.7. The van der Waals surface area contributed by atoms with Crippen LogP contribution in [0.15, 0.2) is 60.7 Å². The fourth-order valence-electron chi connectivity index (χ4n) is 2.19. The Bertz CT molecular complexity index is 602. The highest BCUT2D eigenvalue weighted by atomic mass is 16.2. The first-order valence-corrected chi connectivity index (χ1v) is 5.97. The molecule has 0 saturated heterocycles. The Morgan fingerprint density at radius 1 is 0.944 bits per heavy atom. The van der Waals surface area contributed by atoms with E-state index in [0.29, 0.717) is 0 Å². The van der Waals surface area contributed by atoms with E-state index in [1.54, 1.807) is 0 Å². The van der Waals surface area contributed by atoms with E-state index >= 15 is 0 Å². The summed E-state index contributed by atoms with van der Waals surface area (Å²) in [5.41, 5.74) is 2.96. The summed E-state index contributed by atoms with van der Waals surface area (Å²) < 4.78 is 0. The summed E-state index contributed by atoms with van der Waals surface area (Å²) in [7, 11) is 0. The first-order chi connectivity index (χ1) is 8.84. The van der Waals surface area contributed by atoms with E-state index in [0.717, 1.165) is 16.7 Å². The van der Waals surface area contributed by atoms with Crippen LogP contribution >= 0.6 is 0 Å². The zero-order chi connectivity index (χ0) is 12.4. The topological polar surface area (TPSA) is 29.1 Å². The van der Waals surface area contributed by atoms with Gasteiger partial charge in [0.05, 0.1) is 6.04 Å². The molecule has 1 aliphatic rings. The first-order valence-electron chi connectivity index (χ1n) is 5.97. The number of hydrogen-bond donors (Lipinski definition) is 1. The molecule has 0 bridgehead atoms. The lowest BCUT2D eigenvalue weighted by atomic mass is 10.0. The van der Waals surface area contributed by atoms with Gasteiger partial charge in [-0.2, -0.15) is 0 Å². The smallest absolute Gasteiger partial charge is 0.252 e. The highest BCUT2D eigenvalue weighted by Crippen LogP contribution is 2.26. The second-order valence-corrected chi connectivity index (χ2v) is 4.31. The first kappa shape index (κ1) is 10.8. The zero-order valence-corrected chi connectivity index (χ0v) is 9.84. The van der Waals surface area contributed by atoms with Gasteiger partial charge in [0.1, 0.15) is 0 Å². The van der Waals surface area contributed by atoms with E-state index in [1.165, 1.54) is 0 Å². The Balaban J connectivity index is 1.88. The third-order valence-corrected chi connectivity index (χ3v) is 3.11. The third kappa shape index (κ3) is 1.93. The van der Waals surface area contributed by atoms with Gasteiger partial charge >= 0.3 is 0 Å². The molecule has 1 heterocycles. The van der Waals surface area contributed by atoms with Crippen LogP contribution in [0.25, 0.3) is 6.08 Å². The van der Waals surface area contributed by atoms with Gasteiger partial charge in [0.2, 0.25) is 0 Å². The van der Waals surface area contributed by atoms with Crippen LogP contribution in [0, 0.1) is 0 Å². The molecule has 1 atom stereocenters. The molecule has 2 aromatic rings. The van der Waals surface area contributed by atoms with Gasteiger partial charge in [0.15, 0.2) is 0 Å². The zero-order valence-electron chi connectivity index (χ0n) is 9.84. The Morgan fingerprint density at radius 3 is 2.50 bits per heavy atom. The van der Waals surface area contributed by atoms with Crippen LogP contribution in [0.4, 0.5) is 0 Å². The maximum atomic E-state index is 11.7. The summed E-state index contributed by atoms with van der Waals surface area (Å²) in [5, 5.41) is 2.96. The average molecular weight is 235 g/mol. The lowest BCUT2D eigenvalue weighted by Crippen LogP contribution is -2.17. The van der Waals surface area contributed by atoms with E-state index in [-0.39, 0.29) is 11.9 Å². The molecule has 0 saturated carbocycles. The van der Waals surface area contributed by atoms with Crippen LogP contribution in [0.2, 0.25) is 0 Å². The second-order valence-electron chi connectivity index (χ2n) is 4.31. The number of rotatable bonds is 2. The molecule has 1 amide bonds. The maximum Gasteiger partial charge on any atom is 0.252 e. The number of carbonyl (C=O) groups excluding carboxylic acids is 1. The molecule has 1 aliphatic heterocycles. The lowest BCUT2D eigenvalue weighted by molar-refractivity contribution is 0.0961. The van der Waals surface area contributed by atoms with Crippen molar-refractivity contribution in [2.75, 3.05) is 0 Å². The Kier molecular flexibility index (Phi) is 2.69. The van der Waals surface area contributed by atoms with Gasteiger partial charge in [0.25, 0.3) is 5.91 Å². The second kappa shape index (κ2) is 4.49. The quantitative estimate of drug-likeness (QED) is 0.851. The molecular weight excluding hydrogens is 222 g/mol. The molecule has 0 spiro atoms. The Labute approximate surface area is 106 Å². The van der Waals surface area contributed by atoms with Crippen molar-refractivity contribution in [3.8, 4) is 0 Å². The van der Waals surface area contributed by atoms with E-state index in [2.05, 4.69) is 5.32 Å². The summed E-state index contributed by atoms with van der Waals surface area (Å²) in [5.74, 6) is 0.00770. The standard InChI is InChI=1S/C16H13NO/c18-16-14-9-5-4-8-13(14)15(17-16)11-10-12-6-2-1-3-7-12/h1-11,15H,(H,17,18). The molecule has 2 heteroatoms. The number of fused-ring (bicyclic) bond motifs is 1. The van der Waals surface area contributed by atoms with Crippen LogP contribution in [0.1, 0.15) is 27.5 Å². The Hall–Kier alpha value is -2.35. The van der Waals surface area contributed by atoms with E-state index in [1.807, 2.05) is 66.7 Å². The molecule has 2 nitrogen and oxygen atoms in total. The van der Waals surface area contributed by atoms with Crippen molar-refractivity contribution < 1.29 is 4.79 Å². The molecule has 3 rings (SSSR count). The predicted octanol–water partition coefficient (Wildman–Crippen LogP) is 3.18. The molecule has 1 unspecified atom stereocenters. The molecule has 0 fully saturated rings. The van der Waals surface area contributed by atoms with Gasteiger partial charge in [-0.05, 0) is 17.2 Å². The van der Waals surface area contributed by atoms with Gasteiger partial charge in [0, 0.05) is 5.56 Å². The molecule has 0 radical (unpaired) electrons. The minimum Gasteiger partial charge on any atom is -0.342 e.